The highest BCUT2D eigenvalue weighted by atomic mass is 16.5. The molecule has 5 heteroatoms. The lowest BCUT2D eigenvalue weighted by Crippen LogP contribution is -2.38. The summed E-state index contributed by atoms with van der Waals surface area (Å²) in [7, 11) is 0. The van der Waals surface area contributed by atoms with Crippen LogP contribution in [0.4, 0.5) is 5.88 Å². The van der Waals surface area contributed by atoms with Gasteiger partial charge in [-0.25, -0.2) is 0 Å². The van der Waals surface area contributed by atoms with E-state index in [1.165, 1.54) is 12.8 Å². The number of rotatable bonds is 3. The summed E-state index contributed by atoms with van der Waals surface area (Å²) in [5.74, 6) is 1.18. The quantitative estimate of drug-likeness (QED) is 0.924. The maximum absolute atomic E-state index is 12.0. The molecule has 0 aliphatic carbocycles. The summed E-state index contributed by atoms with van der Waals surface area (Å²) >= 11 is 0. The second-order valence-electron chi connectivity index (χ2n) is 6.83. The number of piperidine rings is 1. The van der Waals surface area contributed by atoms with E-state index < -0.39 is 0 Å². The number of amides is 1. The number of carbonyl (C=O) groups is 1. The molecular formula is C15H25N3O2. The van der Waals surface area contributed by atoms with Crippen molar-refractivity contribution >= 4 is 11.8 Å². The van der Waals surface area contributed by atoms with Gasteiger partial charge in [-0.2, -0.15) is 0 Å². The van der Waals surface area contributed by atoms with Crippen molar-refractivity contribution in [3.63, 3.8) is 0 Å². The lowest BCUT2D eigenvalue weighted by molar-refractivity contribution is -0.117. The van der Waals surface area contributed by atoms with Crippen molar-refractivity contribution in [3.05, 3.63) is 11.8 Å². The normalized spacial score (nSPS) is 18.2. The summed E-state index contributed by atoms with van der Waals surface area (Å²) in [6.07, 6.45) is 2.34. The summed E-state index contributed by atoms with van der Waals surface area (Å²) < 4.78 is 5.17. The van der Waals surface area contributed by atoms with Crippen molar-refractivity contribution in [3.8, 4) is 0 Å². The molecule has 0 atom stereocenters. The summed E-state index contributed by atoms with van der Waals surface area (Å²) in [5, 5.41) is 6.78. The summed E-state index contributed by atoms with van der Waals surface area (Å²) in [6, 6.07) is 1.80. The molecule has 1 aliphatic rings. The Hall–Kier alpha value is -1.36. The number of likely N-dealkylation sites (tertiary alicyclic amines) is 1. The Morgan fingerprint density at radius 1 is 1.45 bits per heavy atom. The fraction of sp³-hybridized carbons (Fsp3) is 0.733. The molecule has 2 heterocycles. The van der Waals surface area contributed by atoms with Gasteiger partial charge in [-0.1, -0.05) is 32.9 Å². The molecule has 1 amide bonds. The highest BCUT2D eigenvalue weighted by Gasteiger charge is 2.21. The standard InChI is InChI=1S/C15H25N3O2/c1-11-5-7-18(8-6-11)10-13(19)16-14-9-12(17-20-14)15(2,3)4/h9,11H,5-8,10H2,1-4H3,(H,16,19). The molecule has 0 bridgehead atoms. The van der Waals surface area contributed by atoms with Gasteiger partial charge in [0.25, 0.3) is 0 Å². The molecule has 0 radical (unpaired) electrons. The van der Waals surface area contributed by atoms with E-state index in [4.69, 9.17) is 4.52 Å². The van der Waals surface area contributed by atoms with E-state index in [1.807, 2.05) is 0 Å². The Labute approximate surface area is 120 Å². The average Bonchev–Trinajstić information content (AvgIpc) is 2.80. The first-order valence-corrected chi connectivity index (χ1v) is 7.34. The van der Waals surface area contributed by atoms with Crippen LogP contribution in [0.5, 0.6) is 0 Å². The minimum Gasteiger partial charge on any atom is -0.338 e. The van der Waals surface area contributed by atoms with Gasteiger partial charge in [0.05, 0.1) is 12.2 Å². The second-order valence-corrected chi connectivity index (χ2v) is 6.83. The van der Waals surface area contributed by atoms with Crippen LogP contribution in [0.1, 0.15) is 46.2 Å². The maximum atomic E-state index is 12.0. The molecule has 2 rings (SSSR count). The van der Waals surface area contributed by atoms with Crippen LogP contribution in [0.15, 0.2) is 10.6 Å². The molecule has 112 valence electrons. The van der Waals surface area contributed by atoms with Crippen molar-refractivity contribution in [2.75, 3.05) is 25.0 Å². The van der Waals surface area contributed by atoms with Gasteiger partial charge in [0.2, 0.25) is 11.8 Å². The largest absolute Gasteiger partial charge is 0.338 e. The zero-order chi connectivity index (χ0) is 14.8. The Balaban J connectivity index is 1.84. The fourth-order valence-electron chi connectivity index (χ4n) is 2.29. The zero-order valence-electron chi connectivity index (χ0n) is 12.9. The van der Waals surface area contributed by atoms with Crippen molar-refractivity contribution in [2.45, 2.75) is 46.0 Å². The molecule has 5 nitrogen and oxygen atoms in total. The minimum atomic E-state index is -0.0739. The molecule has 20 heavy (non-hydrogen) atoms. The van der Waals surface area contributed by atoms with E-state index in [-0.39, 0.29) is 11.3 Å². The number of hydrogen-bond acceptors (Lipinski definition) is 4. The number of carbonyl (C=O) groups excluding carboxylic acids is 1. The topological polar surface area (TPSA) is 58.4 Å². The van der Waals surface area contributed by atoms with Crippen LogP contribution in [0, 0.1) is 5.92 Å². The van der Waals surface area contributed by atoms with Crippen LogP contribution in [0.3, 0.4) is 0 Å². The van der Waals surface area contributed by atoms with Gasteiger partial charge in [0.15, 0.2) is 0 Å². The van der Waals surface area contributed by atoms with Crippen LogP contribution in [-0.2, 0) is 10.2 Å². The first-order chi connectivity index (χ1) is 9.34. The lowest BCUT2D eigenvalue weighted by Gasteiger charge is -2.29. The number of nitrogens with zero attached hydrogens (tertiary/aromatic N) is 2. The minimum absolute atomic E-state index is 0.0313. The molecular weight excluding hydrogens is 254 g/mol. The molecule has 1 saturated heterocycles. The van der Waals surface area contributed by atoms with Crippen molar-refractivity contribution in [2.24, 2.45) is 5.92 Å². The predicted octanol–water partition coefficient (Wildman–Crippen LogP) is 2.64. The summed E-state index contributed by atoms with van der Waals surface area (Å²) in [6.45, 7) is 10.9. The Bertz CT molecular complexity index is 454. The van der Waals surface area contributed by atoms with Gasteiger partial charge in [-0.3, -0.25) is 15.0 Å². The van der Waals surface area contributed by atoms with Crippen LogP contribution >= 0.6 is 0 Å². The molecule has 1 aliphatic heterocycles. The Morgan fingerprint density at radius 3 is 2.65 bits per heavy atom. The van der Waals surface area contributed by atoms with Crippen LogP contribution in [-0.4, -0.2) is 35.6 Å². The summed E-state index contributed by atoms with van der Waals surface area (Å²) in [4.78, 5) is 14.2. The molecule has 1 aromatic heterocycles. The molecule has 0 unspecified atom stereocenters. The van der Waals surface area contributed by atoms with E-state index >= 15 is 0 Å². The number of aromatic nitrogens is 1. The van der Waals surface area contributed by atoms with Crippen LogP contribution < -0.4 is 5.32 Å². The Morgan fingerprint density at radius 2 is 2.10 bits per heavy atom. The predicted molar refractivity (Wildman–Crippen MR) is 78.7 cm³/mol. The molecule has 1 fully saturated rings. The zero-order valence-corrected chi connectivity index (χ0v) is 12.9. The van der Waals surface area contributed by atoms with Crippen molar-refractivity contribution in [1.29, 1.82) is 0 Å². The lowest BCUT2D eigenvalue weighted by atomic mass is 9.92. The van der Waals surface area contributed by atoms with Crippen molar-refractivity contribution < 1.29 is 9.32 Å². The third-order valence-electron chi connectivity index (χ3n) is 3.78. The first-order valence-electron chi connectivity index (χ1n) is 7.34. The molecule has 0 saturated carbocycles. The van der Waals surface area contributed by atoms with Gasteiger partial charge in [-0.05, 0) is 31.8 Å². The highest BCUT2D eigenvalue weighted by molar-refractivity contribution is 5.91. The number of nitrogens with one attached hydrogen (secondary N) is 1. The second kappa shape index (κ2) is 5.95. The van der Waals surface area contributed by atoms with Gasteiger partial charge in [-0.15, -0.1) is 0 Å². The first kappa shape index (κ1) is 15.0. The average molecular weight is 279 g/mol. The van der Waals surface area contributed by atoms with E-state index in [1.54, 1.807) is 6.07 Å². The van der Waals surface area contributed by atoms with E-state index in [0.29, 0.717) is 12.4 Å². The van der Waals surface area contributed by atoms with Gasteiger partial charge in [0, 0.05) is 11.5 Å². The molecule has 0 spiro atoms. The van der Waals surface area contributed by atoms with Crippen LogP contribution in [0.25, 0.3) is 0 Å². The third-order valence-corrected chi connectivity index (χ3v) is 3.78. The smallest absolute Gasteiger partial charge is 0.240 e. The van der Waals surface area contributed by atoms with E-state index in [2.05, 4.69) is 43.1 Å². The maximum Gasteiger partial charge on any atom is 0.240 e. The fourth-order valence-corrected chi connectivity index (χ4v) is 2.29. The monoisotopic (exact) mass is 279 g/mol. The van der Waals surface area contributed by atoms with E-state index in [9.17, 15) is 4.79 Å². The highest BCUT2D eigenvalue weighted by Crippen LogP contribution is 2.23. The van der Waals surface area contributed by atoms with E-state index in [0.717, 1.165) is 24.7 Å². The molecule has 1 aromatic rings. The number of anilines is 1. The van der Waals surface area contributed by atoms with Crippen LogP contribution in [0.2, 0.25) is 0 Å². The van der Waals surface area contributed by atoms with Gasteiger partial charge < -0.3 is 4.52 Å². The van der Waals surface area contributed by atoms with Crippen molar-refractivity contribution in [1.82, 2.24) is 10.1 Å². The summed E-state index contributed by atoms with van der Waals surface area (Å²) in [5.41, 5.74) is 0.773. The Kier molecular flexibility index (Phi) is 4.48. The SMILES string of the molecule is CC1CCN(CC(=O)Nc2cc(C(C)(C)C)no2)CC1. The third kappa shape index (κ3) is 4.07. The van der Waals surface area contributed by atoms with Gasteiger partial charge >= 0.3 is 0 Å². The molecule has 1 N–H and O–H groups in total. The molecule has 0 aromatic carbocycles. The van der Waals surface area contributed by atoms with Gasteiger partial charge in [0.1, 0.15) is 0 Å². The number of hydrogen-bond donors (Lipinski definition) is 1.